The fourth-order valence-electron chi connectivity index (χ4n) is 5.59. The van der Waals surface area contributed by atoms with Gasteiger partial charge in [-0.25, -0.2) is 0 Å². The van der Waals surface area contributed by atoms with Gasteiger partial charge in [0.25, 0.3) is 0 Å². The molecular formula is C30H47NO2. The topological polar surface area (TPSA) is 43.7 Å². The van der Waals surface area contributed by atoms with Gasteiger partial charge in [0.1, 0.15) is 0 Å². The van der Waals surface area contributed by atoms with Crippen LogP contribution in [-0.2, 0) is 6.42 Å². The number of aliphatic hydroxyl groups excluding tert-OH is 2. The molecule has 1 aromatic rings. The van der Waals surface area contributed by atoms with Gasteiger partial charge in [-0.2, -0.15) is 0 Å². The minimum atomic E-state index is -0.496. The number of nitrogens with zero attached hydrogens (tertiary/aromatic N) is 1. The third-order valence-corrected chi connectivity index (χ3v) is 7.92. The van der Waals surface area contributed by atoms with Gasteiger partial charge >= 0.3 is 0 Å². The fraction of sp³-hybridized carbons (Fsp3) is 0.667. The number of fused-ring (bicyclic) bond motifs is 1. The van der Waals surface area contributed by atoms with Gasteiger partial charge < -0.3 is 15.1 Å². The highest BCUT2D eigenvalue weighted by Crippen LogP contribution is 2.48. The van der Waals surface area contributed by atoms with Crippen LogP contribution in [0.5, 0.6) is 0 Å². The second-order valence-corrected chi connectivity index (χ2v) is 11.6. The van der Waals surface area contributed by atoms with Crippen LogP contribution in [-0.4, -0.2) is 46.5 Å². The van der Waals surface area contributed by atoms with Gasteiger partial charge in [0.15, 0.2) is 0 Å². The highest BCUT2D eigenvalue weighted by Gasteiger charge is 2.43. The quantitative estimate of drug-likeness (QED) is 0.315. The number of hydrogen-bond donors (Lipinski definition) is 2. The number of rotatable bonds is 11. The van der Waals surface area contributed by atoms with Crippen molar-refractivity contribution in [2.75, 3.05) is 13.6 Å². The molecule has 0 amide bonds. The average molecular weight is 454 g/mol. The Labute approximate surface area is 202 Å². The van der Waals surface area contributed by atoms with Crippen molar-refractivity contribution < 1.29 is 10.2 Å². The molecule has 3 heteroatoms. The zero-order chi connectivity index (χ0) is 24.0. The minimum Gasteiger partial charge on any atom is -0.392 e. The smallest absolute Gasteiger partial charge is 0.0761 e. The second kappa shape index (κ2) is 11.8. The molecule has 2 aliphatic carbocycles. The first-order valence-corrected chi connectivity index (χ1v) is 13.1. The van der Waals surface area contributed by atoms with E-state index in [2.05, 4.69) is 70.0 Å². The maximum absolute atomic E-state index is 10.6. The molecule has 5 atom stereocenters. The number of hydrogen-bond acceptors (Lipinski definition) is 3. The maximum atomic E-state index is 10.6. The van der Waals surface area contributed by atoms with Crippen molar-refractivity contribution >= 4 is 0 Å². The Morgan fingerprint density at radius 3 is 2.64 bits per heavy atom. The van der Waals surface area contributed by atoms with E-state index in [-0.39, 0.29) is 17.6 Å². The zero-order valence-corrected chi connectivity index (χ0v) is 21.6. The Hall–Kier alpha value is -1.42. The predicted octanol–water partition coefficient (Wildman–Crippen LogP) is 6.08. The Bertz CT molecular complexity index is 806. The van der Waals surface area contributed by atoms with E-state index in [0.29, 0.717) is 18.3 Å². The molecule has 0 spiro atoms. The van der Waals surface area contributed by atoms with Gasteiger partial charge in [-0.05, 0) is 90.8 Å². The van der Waals surface area contributed by atoms with Crippen LogP contribution in [0, 0.1) is 24.7 Å². The van der Waals surface area contributed by atoms with Crippen LogP contribution >= 0.6 is 0 Å². The van der Waals surface area contributed by atoms with Crippen molar-refractivity contribution in [3.05, 3.63) is 59.2 Å². The van der Waals surface area contributed by atoms with Crippen LogP contribution in [0.25, 0.3) is 0 Å². The lowest BCUT2D eigenvalue weighted by atomic mass is 9.88. The van der Waals surface area contributed by atoms with E-state index in [1.54, 1.807) is 5.57 Å². The molecule has 0 heterocycles. The van der Waals surface area contributed by atoms with Crippen molar-refractivity contribution in [1.82, 2.24) is 4.90 Å². The van der Waals surface area contributed by atoms with Crippen LogP contribution in [0.3, 0.4) is 0 Å². The van der Waals surface area contributed by atoms with Crippen LogP contribution < -0.4 is 0 Å². The van der Waals surface area contributed by atoms with Crippen molar-refractivity contribution in [3.63, 3.8) is 0 Å². The van der Waals surface area contributed by atoms with Crippen LogP contribution in [0.15, 0.2) is 48.1 Å². The van der Waals surface area contributed by atoms with Crippen LogP contribution in [0.1, 0.15) is 76.8 Å². The molecule has 2 aliphatic rings. The van der Waals surface area contributed by atoms with Crippen LogP contribution in [0.2, 0.25) is 0 Å². The molecule has 0 saturated heterocycles. The molecule has 1 saturated carbocycles. The first kappa shape index (κ1) is 26.2. The average Bonchev–Trinajstić information content (AvgIpc) is 3.24. The fourth-order valence-corrected chi connectivity index (χ4v) is 5.59. The summed E-state index contributed by atoms with van der Waals surface area (Å²) in [7, 11) is 2.23. The Morgan fingerprint density at radius 2 is 1.91 bits per heavy atom. The van der Waals surface area contributed by atoms with E-state index in [0.717, 1.165) is 18.4 Å². The molecule has 184 valence electrons. The highest BCUT2D eigenvalue weighted by atomic mass is 16.3. The van der Waals surface area contributed by atoms with Crippen molar-refractivity contribution in [2.24, 2.45) is 17.8 Å². The summed E-state index contributed by atoms with van der Waals surface area (Å²) < 4.78 is 0. The molecule has 2 N–H and O–H groups in total. The third-order valence-electron chi connectivity index (χ3n) is 7.92. The van der Waals surface area contributed by atoms with Gasteiger partial charge in [-0.1, -0.05) is 66.5 Å². The van der Waals surface area contributed by atoms with E-state index in [4.69, 9.17) is 0 Å². The van der Waals surface area contributed by atoms with Gasteiger partial charge in [0, 0.05) is 17.9 Å². The summed E-state index contributed by atoms with van der Waals surface area (Å²) in [6.45, 7) is 10.1. The van der Waals surface area contributed by atoms with E-state index in [1.165, 1.54) is 44.2 Å². The molecule has 33 heavy (non-hydrogen) atoms. The maximum Gasteiger partial charge on any atom is 0.0761 e. The van der Waals surface area contributed by atoms with Gasteiger partial charge in [0.2, 0.25) is 0 Å². The molecule has 0 aromatic heterocycles. The normalized spacial score (nSPS) is 26.2. The van der Waals surface area contributed by atoms with Gasteiger partial charge in [0.05, 0.1) is 12.2 Å². The highest BCUT2D eigenvalue weighted by molar-refractivity contribution is 5.24. The third kappa shape index (κ3) is 7.80. The number of allylic oxidation sites excluding steroid dienone is 2. The lowest BCUT2D eigenvalue weighted by Crippen LogP contribution is -2.38. The first-order chi connectivity index (χ1) is 15.6. The predicted molar refractivity (Wildman–Crippen MR) is 139 cm³/mol. The van der Waals surface area contributed by atoms with Gasteiger partial charge in [-0.3, -0.25) is 0 Å². The van der Waals surface area contributed by atoms with Crippen molar-refractivity contribution in [1.29, 1.82) is 0 Å². The number of unbranched alkanes of at least 4 members (excludes halogenated alkanes) is 3. The first-order valence-electron chi connectivity index (χ1n) is 13.1. The Balaban J connectivity index is 1.39. The lowest BCUT2D eigenvalue weighted by molar-refractivity contribution is 0.140. The molecule has 1 fully saturated rings. The summed E-state index contributed by atoms with van der Waals surface area (Å²) in [6, 6.07) is 8.33. The van der Waals surface area contributed by atoms with Crippen molar-refractivity contribution in [3.8, 4) is 0 Å². The molecule has 3 nitrogen and oxygen atoms in total. The van der Waals surface area contributed by atoms with E-state index < -0.39 is 6.10 Å². The largest absolute Gasteiger partial charge is 0.392 e. The lowest BCUT2D eigenvalue weighted by Gasteiger charge is -2.31. The van der Waals surface area contributed by atoms with Gasteiger partial charge in [-0.15, -0.1) is 0 Å². The van der Waals surface area contributed by atoms with Crippen LogP contribution in [0.4, 0.5) is 0 Å². The summed E-state index contributed by atoms with van der Waals surface area (Å²) in [5, 5.41) is 21.1. The van der Waals surface area contributed by atoms with E-state index in [1.807, 2.05) is 12.1 Å². The monoisotopic (exact) mass is 453 g/mol. The van der Waals surface area contributed by atoms with E-state index in [9.17, 15) is 10.2 Å². The van der Waals surface area contributed by atoms with Crippen molar-refractivity contribution in [2.45, 2.75) is 96.8 Å². The summed E-state index contributed by atoms with van der Waals surface area (Å²) >= 11 is 0. The molecule has 3 rings (SSSR count). The standard InChI is InChI=1S/C30H47NO2/c1-22-11-10-13-23(17-22)19-26(32)14-15-27-28-20-24(18-25(28)21-29(27)33)12-8-6-7-9-16-31(5)30(2,3)4/h10-11,13-15,17-18,25-29,32-33H,6-9,12,16,19-21H2,1-5H3/t25-,26-,27+,28-,29+/m0/s1. The number of aliphatic hydroxyl groups is 2. The molecule has 0 unspecified atom stereocenters. The Kier molecular flexibility index (Phi) is 9.38. The summed E-state index contributed by atoms with van der Waals surface area (Å²) in [4.78, 5) is 2.45. The van der Waals surface area contributed by atoms with E-state index >= 15 is 0 Å². The number of benzene rings is 1. The SMILES string of the molecule is Cc1cccc(C[C@@H](O)C=C[C@@H]2[C@H]3CC(CCCCCCN(C)C(C)(C)C)=C[C@H]3C[C@H]2O)c1. The number of aryl methyl sites for hydroxylation is 1. The molecular weight excluding hydrogens is 406 g/mol. The summed E-state index contributed by atoms with van der Waals surface area (Å²) in [6.07, 6.45) is 14.7. The molecule has 0 aliphatic heterocycles. The Morgan fingerprint density at radius 1 is 1.15 bits per heavy atom. The summed E-state index contributed by atoms with van der Waals surface area (Å²) in [5.41, 5.74) is 4.24. The molecule has 1 aromatic carbocycles. The molecule has 0 bridgehead atoms. The zero-order valence-electron chi connectivity index (χ0n) is 21.6. The minimum absolute atomic E-state index is 0.170. The second-order valence-electron chi connectivity index (χ2n) is 11.6. The summed E-state index contributed by atoms with van der Waals surface area (Å²) in [5.74, 6) is 1.20. The molecule has 0 radical (unpaired) electrons.